The lowest BCUT2D eigenvalue weighted by Gasteiger charge is -2.34. The van der Waals surface area contributed by atoms with Gasteiger partial charge in [0, 0.05) is 44.9 Å². The second kappa shape index (κ2) is 8.15. The number of rotatable bonds is 5. The molecule has 1 heterocycles. The fourth-order valence-electron chi connectivity index (χ4n) is 3.01. The van der Waals surface area contributed by atoms with Crippen molar-refractivity contribution in [2.45, 2.75) is 11.8 Å². The van der Waals surface area contributed by atoms with Gasteiger partial charge in [0.15, 0.2) is 0 Å². The molecule has 2 aromatic carbocycles. The molecule has 0 radical (unpaired) electrons. The Balaban J connectivity index is 1.73. The number of carbonyl (C=O) groups is 1. The Kier molecular flexibility index (Phi) is 5.85. The predicted octanol–water partition coefficient (Wildman–Crippen LogP) is 2.34. The van der Waals surface area contributed by atoms with Crippen LogP contribution in [0.25, 0.3) is 0 Å². The van der Waals surface area contributed by atoms with E-state index in [1.165, 1.54) is 37.3 Å². The number of halogens is 1. The topological polar surface area (TPSA) is 81.7 Å². The van der Waals surface area contributed by atoms with Crippen LogP contribution in [0.15, 0.2) is 47.4 Å². The Morgan fingerprint density at radius 2 is 1.61 bits per heavy atom. The van der Waals surface area contributed by atoms with Crippen LogP contribution in [0.5, 0.6) is 0 Å². The van der Waals surface area contributed by atoms with Gasteiger partial charge < -0.3 is 15.1 Å². The van der Waals surface area contributed by atoms with E-state index >= 15 is 0 Å². The van der Waals surface area contributed by atoms with Crippen molar-refractivity contribution in [2.24, 2.45) is 0 Å². The number of sulfonamides is 1. The van der Waals surface area contributed by atoms with Crippen LogP contribution < -0.4 is 14.9 Å². The summed E-state index contributed by atoms with van der Waals surface area (Å²) in [6, 6.07) is 10.1. The molecule has 2 aromatic rings. The number of hydrogen-bond donors (Lipinski definition) is 2. The molecule has 0 saturated carbocycles. The van der Waals surface area contributed by atoms with Crippen LogP contribution in [0.2, 0.25) is 0 Å². The van der Waals surface area contributed by atoms with Crippen LogP contribution in [-0.2, 0) is 14.8 Å². The summed E-state index contributed by atoms with van der Waals surface area (Å²) >= 11 is 0. The maximum absolute atomic E-state index is 14.6. The third-order valence-electron chi connectivity index (χ3n) is 4.53. The van der Waals surface area contributed by atoms with Gasteiger partial charge in [0.1, 0.15) is 5.82 Å². The number of nitrogens with zero attached hydrogens (tertiary/aromatic N) is 2. The molecule has 1 saturated heterocycles. The lowest BCUT2D eigenvalue weighted by atomic mass is 10.2. The minimum atomic E-state index is -3.87. The summed E-state index contributed by atoms with van der Waals surface area (Å²) in [5, 5.41) is 2.57. The highest BCUT2D eigenvalue weighted by Gasteiger charge is 2.19. The average molecular weight is 406 g/mol. The number of likely N-dealkylation sites (N-methyl/N-ethyl adjacent to an activating group) is 1. The third kappa shape index (κ3) is 4.79. The van der Waals surface area contributed by atoms with Crippen LogP contribution in [0.1, 0.15) is 6.92 Å². The van der Waals surface area contributed by atoms with Gasteiger partial charge in [-0.1, -0.05) is 0 Å². The van der Waals surface area contributed by atoms with Gasteiger partial charge in [0.25, 0.3) is 10.0 Å². The standard InChI is InChI=1S/C19H23FN4O3S/c1-14(25)21-15-3-6-17(7-4-15)28(26,27)22-16-5-8-19(18(20)13-16)24-11-9-23(2)10-12-24/h3-8,13,22H,9-12H2,1-2H3,(H,21,25). The largest absolute Gasteiger partial charge is 0.367 e. The van der Waals surface area contributed by atoms with E-state index in [0.29, 0.717) is 11.4 Å². The van der Waals surface area contributed by atoms with Crippen molar-refractivity contribution in [2.75, 3.05) is 48.2 Å². The van der Waals surface area contributed by atoms with E-state index in [-0.39, 0.29) is 16.5 Å². The molecule has 150 valence electrons. The molecule has 1 amide bonds. The Morgan fingerprint density at radius 3 is 2.18 bits per heavy atom. The van der Waals surface area contributed by atoms with Gasteiger partial charge in [-0.15, -0.1) is 0 Å². The first kappa shape index (κ1) is 20.1. The molecule has 28 heavy (non-hydrogen) atoms. The van der Waals surface area contributed by atoms with E-state index in [1.807, 2.05) is 11.9 Å². The highest BCUT2D eigenvalue weighted by atomic mass is 32.2. The smallest absolute Gasteiger partial charge is 0.261 e. The fraction of sp³-hybridized carbons (Fsp3) is 0.316. The van der Waals surface area contributed by atoms with Crippen molar-refractivity contribution in [3.8, 4) is 0 Å². The lowest BCUT2D eigenvalue weighted by molar-refractivity contribution is -0.114. The van der Waals surface area contributed by atoms with Crippen molar-refractivity contribution in [3.63, 3.8) is 0 Å². The zero-order valence-corrected chi connectivity index (χ0v) is 16.6. The molecule has 1 fully saturated rings. The molecular weight excluding hydrogens is 383 g/mol. The minimum absolute atomic E-state index is 0.0187. The molecule has 0 spiro atoms. The van der Waals surface area contributed by atoms with Crippen LogP contribution in [-0.4, -0.2) is 52.5 Å². The van der Waals surface area contributed by atoms with E-state index in [2.05, 4.69) is 14.9 Å². The second-order valence-corrected chi connectivity index (χ2v) is 8.45. The number of anilines is 3. The summed E-state index contributed by atoms with van der Waals surface area (Å²) in [6.45, 7) is 4.51. The molecule has 0 unspecified atom stereocenters. The summed E-state index contributed by atoms with van der Waals surface area (Å²) in [7, 11) is -1.85. The van der Waals surface area contributed by atoms with Gasteiger partial charge in [-0.25, -0.2) is 12.8 Å². The normalized spacial score (nSPS) is 15.3. The number of carbonyl (C=O) groups excluding carboxylic acids is 1. The molecule has 3 rings (SSSR count). The van der Waals surface area contributed by atoms with E-state index in [0.717, 1.165) is 26.2 Å². The molecule has 0 aliphatic carbocycles. The summed E-state index contributed by atoms with van der Waals surface area (Å²) in [6.07, 6.45) is 0. The van der Waals surface area contributed by atoms with Gasteiger partial charge >= 0.3 is 0 Å². The number of amides is 1. The highest BCUT2D eigenvalue weighted by Crippen LogP contribution is 2.25. The van der Waals surface area contributed by atoms with E-state index in [9.17, 15) is 17.6 Å². The Bertz CT molecular complexity index is 956. The molecule has 2 N–H and O–H groups in total. The van der Waals surface area contributed by atoms with Crippen molar-refractivity contribution in [3.05, 3.63) is 48.3 Å². The predicted molar refractivity (Wildman–Crippen MR) is 108 cm³/mol. The van der Waals surface area contributed by atoms with Crippen LogP contribution in [0.3, 0.4) is 0 Å². The van der Waals surface area contributed by atoms with E-state index in [1.54, 1.807) is 12.1 Å². The number of nitrogens with one attached hydrogen (secondary N) is 2. The Labute approximate surface area is 164 Å². The van der Waals surface area contributed by atoms with E-state index in [4.69, 9.17) is 0 Å². The van der Waals surface area contributed by atoms with Crippen LogP contribution in [0, 0.1) is 5.82 Å². The van der Waals surface area contributed by atoms with Gasteiger partial charge in [0.2, 0.25) is 5.91 Å². The molecule has 0 bridgehead atoms. The maximum Gasteiger partial charge on any atom is 0.261 e. The fourth-order valence-corrected chi connectivity index (χ4v) is 4.06. The lowest BCUT2D eigenvalue weighted by Crippen LogP contribution is -2.44. The van der Waals surface area contributed by atoms with Gasteiger partial charge in [-0.05, 0) is 43.4 Å². The van der Waals surface area contributed by atoms with Crippen LogP contribution >= 0.6 is 0 Å². The molecule has 0 aromatic heterocycles. The van der Waals surface area contributed by atoms with Crippen molar-refractivity contribution >= 4 is 33.0 Å². The molecule has 7 nitrogen and oxygen atoms in total. The summed E-state index contributed by atoms with van der Waals surface area (Å²) in [4.78, 5) is 15.2. The molecule has 0 atom stereocenters. The van der Waals surface area contributed by atoms with E-state index < -0.39 is 15.8 Å². The van der Waals surface area contributed by atoms with Crippen molar-refractivity contribution in [1.29, 1.82) is 0 Å². The Morgan fingerprint density at radius 1 is 1.00 bits per heavy atom. The van der Waals surface area contributed by atoms with Crippen molar-refractivity contribution in [1.82, 2.24) is 4.90 Å². The first-order valence-corrected chi connectivity index (χ1v) is 10.4. The van der Waals surface area contributed by atoms with Gasteiger partial charge in [-0.2, -0.15) is 0 Å². The maximum atomic E-state index is 14.6. The Hall–Kier alpha value is -2.65. The summed E-state index contributed by atoms with van der Waals surface area (Å²) < 4.78 is 42.0. The first-order valence-electron chi connectivity index (χ1n) is 8.88. The monoisotopic (exact) mass is 406 g/mol. The third-order valence-corrected chi connectivity index (χ3v) is 5.93. The van der Waals surface area contributed by atoms with Crippen LogP contribution in [0.4, 0.5) is 21.5 Å². The average Bonchev–Trinajstić information content (AvgIpc) is 2.62. The SMILES string of the molecule is CC(=O)Nc1ccc(S(=O)(=O)Nc2ccc(N3CCN(C)CC3)c(F)c2)cc1. The quantitative estimate of drug-likeness (QED) is 0.797. The second-order valence-electron chi connectivity index (χ2n) is 6.77. The number of benzene rings is 2. The molecule has 9 heteroatoms. The highest BCUT2D eigenvalue weighted by molar-refractivity contribution is 7.92. The molecule has 1 aliphatic rings. The van der Waals surface area contributed by atoms with Gasteiger partial charge in [-0.3, -0.25) is 9.52 Å². The minimum Gasteiger partial charge on any atom is -0.367 e. The van der Waals surface area contributed by atoms with Crippen molar-refractivity contribution < 1.29 is 17.6 Å². The number of piperazine rings is 1. The molecular formula is C19H23FN4O3S. The van der Waals surface area contributed by atoms with Gasteiger partial charge in [0.05, 0.1) is 16.3 Å². The number of hydrogen-bond acceptors (Lipinski definition) is 5. The zero-order chi connectivity index (χ0) is 20.3. The molecule has 1 aliphatic heterocycles. The summed E-state index contributed by atoms with van der Waals surface area (Å²) in [5.74, 6) is -0.713. The summed E-state index contributed by atoms with van der Waals surface area (Å²) in [5.41, 5.74) is 1.12. The first-order chi connectivity index (χ1) is 13.2. The zero-order valence-electron chi connectivity index (χ0n) is 15.8.